The molecule has 2 aromatic rings. The summed E-state index contributed by atoms with van der Waals surface area (Å²) < 4.78 is 4.61. The third-order valence-electron chi connectivity index (χ3n) is 2.61. The molecule has 0 radical (unpaired) electrons. The lowest BCUT2D eigenvalue weighted by Crippen LogP contribution is -2.14. The minimum atomic E-state index is -0.402. The average molecular weight is 302 g/mol. The molecule has 1 N–H and O–H groups in total. The van der Waals surface area contributed by atoms with E-state index in [4.69, 9.17) is 0 Å². The van der Waals surface area contributed by atoms with Crippen LogP contribution in [0.25, 0.3) is 0 Å². The summed E-state index contributed by atoms with van der Waals surface area (Å²) in [6, 6.07) is 10.3. The van der Waals surface area contributed by atoms with Crippen LogP contribution in [0.1, 0.15) is 10.4 Å². The zero-order valence-corrected chi connectivity index (χ0v) is 12.2. The molecule has 1 aromatic heterocycles. The van der Waals surface area contributed by atoms with Crippen molar-refractivity contribution in [3.05, 3.63) is 54.4 Å². The van der Waals surface area contributed by atoms with E-state index < -0.39 is 5.97 Å². The van der Waals surface area contributed by atoms with Gasteiger partial charge in [-0.3, -0.25) is 9.78 Å². The van der Waals surface area contributed by atoms with Gasteiger partial charge in [-0.25, -0.2) is 4.79 Å². The van der Waals surface area contributed by atoms with Gasteiger partial charge in [0, 0.05) is 23.0 Å². The standard InChI is InChI=1S/C15H14N2O3S/c1-20-15(19)11-2-4-12(5-3-11)17-14(18)10-21-13-6-8-16-9-7-13/h2-9H,10H2,1H3,(H,17,18). The number of amides is 1. The molecule has 1 amide bonds. The summed E-state index contributed by atoms with van der Waals surface area (Å²) in [4.78, 5) is 28.0. The number of rotatable bonds is 5. The van der Waals surface area contributed by atoms with E-state index in [1.54, 1.807) is 36.7 Å². The van der Waals surface area contributed by atoms with Crippen molar-refractivity contribution in [1.82, 2.24) is 4.98 Å². The number of carbonyl (C=O) groups excluding carboxylic acids is 2. The molecule has 21 heavy (non-hydrogen) atoms. The van der Waals surface area contributed by atoms with Gasteiger partial charge in [-0.1, -0.05) is 0 Å². The van der Waals surface area contributed by atoms with Crippen LogP contribution >= 0.6 is 11.8 Å². The second-order valence-corrected chi connectivity index (χ2v) is 5.14. The van der Waals surface area contributed by atoms with Crippen LogP contribution in [-0.4, -0.2) is 29.7 Å². The van der Waals surface area contributed by atoms with E-state index in [0.29, 0.717) is 17.0 Å². The first-order valence-corrected chi connectivity index (χ1v) is 7.18. The summed E-state index contributed by atoms with van der Waals surface area (Å²) in [7, 11) is 1.33. The molecule has 0 aliphatic carbocycles. The molecule has 0 saturated heterocycles. The van der Waals surface area contributed by atoms with Crippen LogP contribution in [0, 0.1) is 0 Å². The zero-order chi connectivity index (χ0) is 15.1. The summed E-state index contributed by atoms with van der Waals surface area (Å²) >= 11 is 1.43. The van der Waals surface area contributed by atoms with Gasteiger partial charge in [0.05, 0.1) is 18.4 Å². The lowest BCUT2D eigenvalue weighted by Gasteiger charge is -2.06. The highest BCUT2D eigenvalue weighted by molar-refractivity contribution is 8.00. The number of hydrogen-bond acceptors (Lipinski definition) is 5. The second kappa shape index (κ2) is 7.44. The molecule has 0 unspecified atom stereocenters. The van der Waals surface area contributed by atoms with E-state index in [2.05, 4.69) is 15.0 Å². The van der Waals surface area contributed by atoms with Crippen LogP contribution in [0.4, 0.5) is 5.69 Å². The van der Waals surface area contributed by atoms with Gasteiger partial charge in [-0.15, -0.1) is 11.8 Å². The number of thioether (sulfide) groups is 1. The Kier molecular flexibility index (Phi) is 5.34. The van der Waals surface area contributed by atoms with E-state index in [9.17, 15) is 9.59 Å². The Morgan fingerprint density at radius 3 is 2.43 bits per heavy atom. The highest BCUT2D eigenvalue weighted by atomic mass is 32.2. The van der Waals surface area contributed by atoms with Gasteiger partial charge < -0.3 is 10.1 Å². The summed E-state index contributed by atoms with van der Waals surface area (Å²) in [5.74, 6) is -0.202. The second-order valence-electron chi connectivity index (χ2n) is 4.09. The fourth-order valence-electron chi connectivity index (χ4n) is 1.59. The first kappa shape index (κ1) is 15.1. The molecule has 0 bridgehead atoms. The van der Waals surface area contributed by atoms with Crippen molar-refractivity contribution < 1.29 is 14.3 Å². The maximum atomic E-state index is 11.8. The Morgan fingerprint density at radius 1 is 1.14 bits per heavy atom. The molecule has 1 heterocycles. The predicted octanol–water partition coefficient (Wildman–Crippen LogP) is 2.60. The van der Waals surface area contributed by atoms with Crippen molar-refractivity contribution in [3.63, 3.8) is 0 Å². The van der Waals surface area contributed by atoms with Gasteiger partial charge in [0.15, 0.2) is 0 Å². The first-order chi connectivity index (χ1) is 10.2. The number of hydrogen-bond donors (Lipinski definition) is 1. The van der Waals surface area contributed by atoms with Crippen LogP contribution in [0.3, 0.4) is 0 Å². The van der Waals surface area contributed by atoms with Crippen molar-refractivity contribution in [2.24, 2.45) is 0 Å². The molecule has 5 nitrogen and oxygen atoms in total. The molecule has 108 valence electrons. The third-order valence-corrected chi connectivity index (χ3v) is 3.62. The Bertz CT molecular complexity index is 615. The lowest BCUT2D eigenvalue weighted by atomic mass is 10.2. The maximum absolute atomic E-state index is 11.8. The topological polar surface area (TPSA) is 68.3 Å². The van der Waals surface area contributed by atoms with Gasteiger partial charge in [0.1, 0.15) is 0 Å². The Balaban J connectivity index is 1.86. The maximum Gasteiger partial charge on any atom is 0.337 e. The third kappa shape index (κ3) is 4.61. The van der Waals surface area contributed by atoms with Crippen LogP contribution in [-0.2, 0) is 9.53 Å². The van der Waals surface area contributed by atoms with Crippen LogP contribution in [0.15, 0.2) is 53.7 Å². The molecule has 0 spiro atoms. The monoisotopic (exact) mass is 302 g/mol. The van der Waals surface area contributed by atoms with Crippen molar-refractivity contribution in [2.45, 2.75) is 4.90 Å². The number of nitrogens with one attached hydrogen (secondary N) is 1. The van der Waals surface area contributed by atoms with Gasteiger partial charge in [-0.05, 0) is 36.4 Å². The Labute approximate surface area is 126 Å². The van der Waals surface area contributed by atoms with Crippen molar-refractivity contribution in [1.29, 1.82) is 0 Å². The molecule has 0 aliphatic rings. The molecule has 0 atom stereocenters. The number of ether oxygens (including phenoxy) is 1. The van der Waals surface area contributed by atoms with E-state index in [1.807, 2.05) is 12.1 Å². The lowest BCUT2D eigenvalue weighted by molar-refractivity contribution is -0.113. The zero-order valence-electron chi connectivity index (χ0n) is 11.4. The summed E-state index contributed by atoms with van der Waals surface area (Å²) in [5.41, 5.74) is 1.09. The number of carbonyl (C=O) groups is 2. The predicted molar refractivity (Wildman–Crippen MR) is 81.4 cm³/mol. The molecule has 0 aliphatic heterocycles. The van der Waals surface area contributed by atoms with E-state index in [-0.39, 0.29) is 5.91 Å². The quantitative estimate of drug-likeness (QED) is 0.679. The average Bonchev–Trinajstić information content (AvgIpc) is 2.54. The number of aromatic nitrogens is 1. The molecule has 1 aromatic carbocycles. The molecule has 2 rings (SSSR count). The molecular weight excluding hydrogens is 288 g/mol. The number of pyridine rings is 1. The van der Waals surface area contributed by atoms with Gasteiger partial charge >= 0.3 is 5.97 Å². The number of anilines is 1. The van der Waals surface area contributed by atoms with Crippen LogP contribution in [0.2, 0.25) is 0 Å². The van der Waals surface area contributed by atoms with E-state index in [0.717, 1.165) is 4.90 Å². The molecular formula is C15H14N2O3S. The minimum absolute atomic E-state index is 0.109. The summed E-state index contributed by atoms with van der Waals surface area (Å²) in [5, 5.41) is 2.77. The summed E-state index contributed by atoms with van der Waals surface area (Å²) in [6.45, 7) is 0. The van der Waals surface area contributed by atoms with Gasteiger partial charge in [-0.2, -0.15) is 0 Å². The smallest absolute Gasteiger partial charge is 0.337 e. The van der Waals surface area contributed by atoms with E-state index in [1.165, 1.54) is 18.9 Å². The summed E-state index contributed by atoms with van der Waals surface area (Å²) in [6.07, 6.45) is 3.37. The largest absolute Gasteiger partial charge is 0.465 e. The number of esters is 1. The van der Waals surface area contributed by atoms with Gasteiger partial charge in [0.2, 0.25) is 5.91 Å². The van der Waals surface area contributed by atoms with Crippen molar-refractivity contribution in [2.75, 3.05) is 18.2 Å². The molecule has 0 fully saturated rings. The Morgan fingerprint density at radius 2 is 1.81 bits per heavy atom. The Hall–Kier alpha value is -2.34. The number of nitrogens with zero attached hydrogens (tertiary/aromatic N) is 1. The first-order valence-electron chi connectivity index (χ1n) is 6.20. The van der Waals surface area contributed by atoms with Crippen molar-refractivity contribution in [3.8, 4) is 0 Å². The normalized spacial score (nSPS) is 9.95. The SMILES string of the molecule is COC(=O)c1ccc(NC(=O)CSc2ccncc2)cc1. The minimum Gasteiger partial charge on any atom is -0.465 e. The number of methoxy groups -OCH3 is 1. The molecule has 6 heteroatoms. The fraction of sp³-hybridized carbons (Fsp3) is 0.133. The highest BCUT2D eigenvalue weighted by Gasteiger charge is 2.06. The van der Waals surface area contributed by atoms with E-state index >= 15 is 0 Å². The fourth-order valence-corrected chi connectivity index (χ4v) is 2.27. The molecule has 0 saturated carbocycles. The van der Waals surface area contributed by atoms with Crippen LogP contribution in [0.5, 0.6) is 0 Å². The van der Waals surface area contributed by atoms with Crippen molar-refractivity contribution >= 4 is 29.3 Å². The van der Waals surface area contributed by atoms with Gasteiger partial charge in [0.25, 0.3) is 0 Å². The highest BCUT2D eigenvalue weighted by Crippen LogP contribution is 2.17. The van der Waals surface area contributed by atoms with Crippen LogP contribution < -0.4 is 5.32 Å². The number of benzene rings is 1.